The molecule has 2 heterocycles. The van der Waals surface area contributed by atoms with Crippen molar-refractivity contribution in [3.8, 4) is 0 Å². The fourth-order valence-electron chi connectivity index (χ4n) is 1.74. The average Bonchev–Trinajstić information content (AvgIpc) is 2.72. The third kappa shape index (κ3) is 2.06. The number of rotatable bonds is 2. The predicted octanol–water partition coefficient (Wildman–Crippen LogP) is -1.20. The Morgan fingerprint density at radius 1 is 1.41 bits per heavy atom. The maximum absolute atomic E-state index is 12.2. The van der Waals surface area contributed by atoms with Crippen molar-refractivity contribution in [1.82, 2.24) is 14.1 Å². The van der Waals surface area contributed by atoms with Crippen LogP contribution in [0.5, 0.6) is 0 Å². The Morgan fingerprint density at radius 3 is 2.35 bits per heavy atom. The second-order valence-electron chi connectivity index (χ2n) is 3.88. The van der Waals surface area contributed by atoms with Crippen LogP contribution in [0.15, 0.2) is 11.2 Å². The van der Waals surface area contributed by atoms with E-state index >= 15 is 0 Å². The van der Waals surface area contributed by atoms with Crippen LogP contribution in [0.25, 0.3) is 0 Å². The molecule has 1 aliphatic heterocycles. The van der Waals surface area contributed by atoms with Crippen molar-refractivity contribution < 1.29 is 18.6 Å². The number of halogens is 1. The number of sulfonamides is 1. The minimum atomic E-state index is -3.84. The van der Waals surface area contributed by atoms with E-state index in [9.17, 15) is 18.6 Å². The highest BCUT2D eigenvalue weighted by Crippen LogP contribution is 2.26. The number of aliphatic hydroxyl groups excluding tert-OH is 2. The van der Waals surface area contributed by atoms with Crippen LogP contribution < -0.4 is 0 Å². The van der Waals surface area contributed by atoms with Gasteiger partial charge in [-0.2, -0.15) is 9.40 Å². The van der Waals surface area contributed by atoms with E-state index in [0.29, 0.717) is 0 Å². The lowest BCUT2D eigenvalue weighted by Gasteiger charge is -2.15. The second-order valence-corrected chi connectivity index (χ2v) is 6.14. The quantitative estimate of drug-likeness (QED) is 0.710. The molecule has 2 N–H and O–H groups in total. The zero-order chi connectivity index (χ0) is 12.8. The van der Waals surface area contributed by atoms with E-state index in [1.54, 1.807) is 0 Å². The molecule has 9 heteroatoms. The Bertz CT molecular complexity index is 499. The minimum absolute atomic E-state index is 0.0170. The van der Waals surface area contributed by atoms with Gasteiger partial charge in [-0.3, -0.25) is 4.68 Å². The largest absolute Gasteiger partial charge is 0.389 e. The first-order valence-corrected chi connectivity index (χ1v) is 6.69. The van der Waals surface area contributed by atoms with Gasteiger partial charge in [0.25, 0.3) is 10.0 Å². The molecule has 1 saturated heterocycles. The summed E-state index contributed by atoms with van der Waals surface area (Å²) >= 11 is 5.77. The van der Waals surface area contributed by atoms with Crippen molar-refractivity contribution in [3.05, 3.63) is 11.2 Å². The summed E-state index contributed by atoms with van der Waals surface area (Å²) in [6.45, 7) is -0.296. The summed E-state index contributed by atoms with van der Waals surface area (Å²) in [5.41, 5.74) is 0. The van der Waals surface area contributed by atoms with Crippen molar-refractivity contribution >= 4 is 21.6 Å². The predicted molar refractivity (Wildman–Crippen MR) is 59.0 cm³/mol. The van der Waals surface area contributed by atoms with E-state index < -0.39 is 22.2 Å². The first-order valence-electron chi connectivity index (χ1n) is 4.88. The minimum Gasteiger partial charge on any atom is -0.389 e. The van der Waals surface area contributed by atoms with E-state index in [1.165, 1.54) is 13.2 Å². The van der Waals surface area contributed by atoms with Crippen LogP contribution in [-0.4, -0.2) is 58.0 Å². The summed E-state index contributed by atoms with van der Waals surface area (Å²) in [6, 6.07) is 0. The normalized spacial score (nSPS) is 26.6. The molecule has 2 atom stereocenters. The number of aryl methyl sites for hydroxylation is 1. The molecule has 17 heavy (non-hydrogen) atoms. The number of β-amino-alcohol motifs (C(OH)–C–C–N with tert-alkyl or cyclic N) is 2. The molecule has 0 radical (unpaired) electrons. The molecule has 0 aliphatic carbocycles. The standard InChI is InChI=1S/C8H12ClN3O4S/c1-11-8(5(9)2-10-11)17(15,16)12-3-6(13)7(14)4-12/h2,6-7,13-14H,3-4H2,1H3. The van der Waals surface area contributed by atoms with Crippen LogP contribution in [0.3, 0.4) is 0 Å². The van der Waals surface area contributed by atoms with Crippen LogP contribution >= 0.6 is 11.6 Å². The monoisotopic (exact) mass is 281 g/mol. The van der Waals surface area contributed by atoms with Gasteiger partial charge >= 0.3 is 0 Å². The third-order valence-corrected chi connectivity index (χ3v) is 4.99. The molecule has 2 rings (SSSR count). The molecule has 1 aromatic heterocycles. The van der Waals surface area contributed by atoms with Gasteiger partial charge in [0.05, 0.1) is 23.4 Å². The van der Waals surface area contributed by atoms with Gasteiger partial charge in [-0.05, 0) is 0 Å². The summed E-state index contributed by atoms with van der Waals surface area (Å²) in [4.78, 5) is 0. The Kier molecular flexibility index (Phi) is 3.17. The number of hydrogen-bond donors (Lipinski definition) is 2. The molecular formula is C8H12ClN3O4S. The summed E-state index contributed by atoms with van der Waals surface area (Å²) < 4.78 is 26.5. The van der Waals surface area contributed by atoms with E-state index in [2.05, 4.69) is 5.10 Å². The van der Waals surface area contributed by atoms with Gasteiger partial charge in [0.1, 0.15) is 0 Å². The van der Waals surface area contributed by atoms with Crippen molar-refractivity contribution in [2.45, 2.75) is 17.2 Å². The molecule has 1 fully saturated rings. The average molecular weight is 282 g/mol. The van der Waals surface area contributed by atoms with Crippen molar-refractivity contribution in [2.75, 3.05) is 13.1 Å². The van der Waals surface area contributed by atoms with Crippen molar-refractivity contribution in [2.24, 2.45) is 7.05 Å². The van der Waals surface area contributed by atoms with Crippen LogP contribution in [0, 0.1) is 0 Å². The lowest BCUT2D eigenvalue weighted by atomic mass is 10.3. The molecule has 1 aliphatic rings. The van der Waals surface area contributed by atoms with Gasteiger partial charge in [0, 0.05) is 20.1 Å². The molecule has 0 amide bonds. The van der Waals surface area contributed by atoms with Crippen LogP contribution in [0.1, 0.15) is 0 Å². The molecule has 0 saturated carbocycles. The second kappa shape index (κ2) is 4.21. The molecule has 7 nitrogen and oxygen atoms in total. The van der Waals surface area contributed by atoms with Crippen molar-refractivity contribution in [3.63, 3.8) is 0 Å². The fourth-order valence-corrected chi connectivity index (χ4v) is 3.82. The van der Waals surface area contributed by atoms with E-state index in [1.807, 2.05) is 0 Å². The van der Waals surface area contributed by atoms with E-state index in [0.717, 1.165) is 8.99 Å². The van der Waals surface area contributed by atoms with Gasteiger partial charge in [-0.25, -0.2) is 8.42 Å². The van der Waals surface area contributed by atoms with Crippen LogP contribution in [-0.2, 0) is 17.1 Å². The van der Waals surface area contributed by atoms with Crippen molar-refractivity contribution in [1.29, 1.82) is 0 Å². The Morgan fingerprint density at radius 2 is 1.94 bits per heavy atom. The summed E-state index contributed by atoms with van der Waals surface area (Å²) in [5, 5.41) is 22.3. The lowest BCUT2D eigenvalue weighted by molar-refractivity contribution is 0.0572. The summed E-state index contributed by atoms with van der Waals surface area (Å²) in [5.74, 6) is 0. The molecule has 2 unspecified atom stereocenters. The fraction of sp³-hybridized carbons (Fsp3) is 0.625. The van der Waals surface area contributed by atoms with Gasteiger partial charge in [-0.1, -0.05) is 11.6 Å². The van der Waals surface area contributed by atoms with Crippen LogP contribution in [0.4, 0.5) is 0 Å². The number of nitrogens with zero attached hydrogens (tertiary/aromatic N) is 3. The molecule has 1 aromatic rings. The SMILES string of the molecule is Cn1ncc(Cl)c1S(=O)(=O)N1CC(O)C(O)C1. The molecule has 0 spiro atoms. The highest BCUT2D eigenvalue weighted by atomic mass is 35.5. The molecule has 0 aromatic carbocycles. The highest BCUT2D eigenvalue weighted by molar-refractivity contribution is 7.89. The first kappa shape index (κ1) is 12.8. The van der Waals surface area contributed by atoms with Gasteiger partial charge < -0.3 is 10.2 Å². The number of aliphatic hydroxyl groups is 2. The number of hydrogen-bond acceptors (Lipinski definition) is 5. The summed E-state index contributed by atoms with van der Waals surface area (Å²) in [7, 11) is -2.38. The van der Waals surface area contributed by atoms with Crippen LogP contribution in [0.2, 0.25) is 5.02 Å². The zero-order valence-corrected chi connectivity index (χ0v) is 10.6. The zero-order valence-electron chi connectivity index (χ0n) is 8.99. The van der Waals surface area contributed by atoms with Gasteiger partial charge in [0.15, 0.2) is 5.03 Å². The molecular weight excluding hydrogens is 270 g/mol. The maximum atomic E-state index is 12.2. The Labute approximate surface area is 103 Å². The first-order chi connectivity index (χ1) is 7.84. The number of aromatic nitrogens is 2. The Balaban J connectivity index is 2.39. The smallest absolute Gasteiger partial charge is 0.261 e. The lowest BCUT2D eigenvalue weighted by Crippen LogP contribution is -2.31. The third-order valence-electron chi connectivity index (χ3n) is 2.65. The van der Waals surface area contributed by atoms with Gasteiger partial charge in [0.2, 0.25) is 0 Å². The van der Waals surface area contributed by atoms with E-state index in [-0.39, 0.29) is 23.1 Å². The van der Waals surface area contributed by atoms with E-state index in [4.69, 9.17) is 11.6 Å². The maximum Gasteiger partial charge on any atom is 0.261 e. The topological polar surface area (TPSA) is 95.7 Å². The molecule has 96 valence electrons. The highest BCUT2D eigenvalue weighted by Gasteiger charge is 2.39. The summed E-state index contributed by atoms with van der Waals surface area (Å²) in [6.07, 6.45) is -0.911. The van der Waals surface area contributed by atoms with Gasteiger partial charge in [-0.15, -0.1) is 0 Å². The Hall–Kier alpha value is -0.670. The molecule has 0 bridgehead atoms.